The van der Waals surface area contributed by atoms with E-state index in [2.05, 4.69) is 20.6 Å². The maximum atomic E-state index is 12.5. The van der Waals surface area contributed by atoms with E-state index >= 15 is 0 Å². The Kier molecular flexibility index (Phi) is 8.60. The van der Waals surface area contributed by atoms with Crippen molar-refractivity contribution in [2.45, 2.75) is 33.2 Å². The van der Waals surface area contributed by atoms with Crippen molar-refractivity contribution in [2.24, 2.45) is 0 Å². The van der Waals surface area contributed by atoms with E-state index in [1.807, 2.05) is 13.8 Å². The Balaban J connectivity index is 2.10. The van der Waals surface area contributed by atoms with Crippen molar-refractivity contribution in [1.29, 1.82) is 0 Å². The second kappa shape index (κ2) is 11.1. The van der Waals surface area contributed by atoms with Gasteiger partial charge in [-0.15, -0.1) is 0 Å². The molecular weight excluding hydrogens is 390 g/mol. The van der Waals surface area contributed by atoms with Gasteiger partial charge < -0.3 is 19.8 Å². The first-order valence-electron chi connectivity index (χ1n) is 9.86. The summed E-state index contributed by atoms with van der Waals surface area (Å²) in [5.41, 5.74) is 0.147. The first-order valence-corrected chi connectivity index (χ1v) is 9.86. The van der Waals surface area contributed by atoms with E-state index in [0.717, 1.165) is 12.8 Å². The number of nitrogens with zero attached hydrogens (tertiary/aromatic N) is 2. The van der Waals surface area contributed by atoms with Crippen LogP contribution in [0.1, 0.15) is 32.5 Å². The first-order chi connectivity index (χ1) is 14.4. The number of benzene rings is 1. The van der Waals surface area contributed by atoms with Crippen molar-refractivity contribution >= 4 is 22.8 Å². The summed E-state index contributed by atoms with van der Waals surface area (Å²) in [6, 6.07) is 2.70. The van der Waals surface area contributed by atoms with Crippen molar-refractivity contribution in [3.63, 3.8) is 0 Å². The van der Waals surface area contributed by atoms with Crippen LogP contribution >= 0.6 is 0 Å². The van der Waals surface area contributed by atoms with Gasteiger partial charge in [0.25, 0.3) is 5.56 Å². The van der Waals surface area contributed by atoms with E-state index < -0.39 is 11.9 Å². The van der Waals surface area contributed by atoms with Crippen LogP contribution in [0.15, 0.2) is 16.9 Å². The second-order valence-corrected chi connectivity index (χ2v) is 6.70. The Bertz CT molecular complexity index is 943. The van der Waals surface area contributed by atoms with Crippen LogP contribution in [-0.2, 0) is 11.3 Å². The van der Waals surface area contributed by atoms with Gasteiger partial charge in [0.1, 0.15) is 5.82 Å². The molecule has 2 rings (SSSR count). The predicted octanol–water partition coefficient (Wildman–Crippen LogP) is 1.39. The fraction of sp³-hybridized carbons (Fsp3) is 0.500. The average Bonchev–Trinajstić information content (AvgIpc) is 2.72. The van der Waals surface area contributed by atoms with Gasteiger partial charge in [-0.25, -0.2) is 9.78 Å². The number of amides is 3. The molecule has 0 fully saturated rings. The Hall–Kier alpha value is -3.14. The normalized spacial score (nSPS) is 10.8. The predicted molar refractivity (Wildman–Crippen MR) is 113 cm³/mol. The van der Waals surface area contributed by atoms with E-state index in [0.29, 0.717) is 41.3 Å². The molecule has 30 heavy (non-hydrogen) atoms. The fourth-order valence-corrected chi connectivity index (χ4v) is 2.87. The minimum Gasteiger partial charge on any atom is -0.493 e. The van der Waals surface area contributed by atoms with Crippen LogP contribution in [0, 0.1) is 0 Å². The summed E-state index contributed by atoms with van der Waals surface area (Å²) in [5.74, 6) is 0.881. The Morgan fingerprint density at radius 2 is 1.87 bits per heavy atom. The monoisotopic (exact) mass is 419 g/mol. The highest BCUT2D eigenvalue weighted by molar-refractivity contribution is 5.95. The lowest BCUT2D eigenvalue weighted by atomic mass is 10.2. The van der Waals surface area contributed by atoms with Gasteiger partial charge in [-0.3, -0.25) is 19.8 Å². The van der Waals surface area contributed by atoms with Gasteiger partial charge in [-0.2, -0.15) is 0 Å². The number of methoxy groups -OCH3 is 2. The summed E-state index contributed by atoms with van der Waals surface area (Å²) in [7, 11) is 3.00. The van der Waals surface area contributed by atoms with Crippen LogP contribution in [0.4, 0.5) is 4.79 Å². The number of nitrogens with one attached hydrogen (secondary N) is 3. The molecule has 0 aliphatic carbocycles. The molecule has 0 spiro atoms. The fourth-order valence-electron chi connectivity index (χ4n) is 2.87. The van der Waals surface area contributed by atoms with Crippen molar-refractivity contribution in [1.82, 2.24) is 25.5 Å². The van der Waals surface area contributed by atoms with Crippen LogP contribution in [-0.4, -0.2) is 60.7 Å². The molecule has 1 aromatic carbocycles. The quantitative estimate of drug-likeness (QED) is 0.497. The van der Waals surface area contributed by atoms with Gasteiger partial charge in [0, 0.05) is 12.6 Å². The van der Waals surface area contributed by atoms with E-state index in [9.17, 15) is 14.4 Å². The largest absolute Gasteiger partial charge is 0.493 e. The number of likely N-dealkylation sites (N-methyl/N-ethyl adjacent to an activating group) is 1. The molecule has 0 bridgehead atoms. The van der Waals surface area contributed by atoms with Gasteiger partial charge in [0.05, 0.1) is 38.2 Å². The van der Waals surface area contributed by atoms with Gasteiger partial charge in [-0.05, 0) is 19.0 Å². The number of hydrogen-bond acceptors (Lipinski definition) is 7. The second-order valence-electron chi connectivity index (χ2n) is 6.70. The molecule has 3 amide bonds. The zero-order valence-electron chi connectivity index (χ0n) is 17.8. The number of imide groups is 1. The lowest BCUT2D eigenvalue weighted by Crippen LogP contribution is -2.44. The molecule has 10 nitrogen and oxygen atoms in total. The van der Waals surface area contributed by atoms with Crippen LogP contribution in [0.5, 0.6) is 11.5 Å². The molecular formula is C20H29N5O5. The third kappa shape index (κ3) is 6.18. The standard InChI is InChI=1S/C20H29N5O5/c1-5-7-8-21-20(28)24-18(26)12-25(6-2)11-17-22-14-10-16(30-4)15(29-3)9-13(14)19(27)23-17/h9-10H,5-8,11-12H2,1-4H3,(H,22,23,27)(H2,21,24,26,28). The topological polar surface area (TPSA) is 126 Å². The minimum atomic E-state index is -0.511. The van der Waals surface area contributed by atoms with E-state index in [4.69, 9.17) is 9.47 Å². The molecule has 1 heterocycles. The third-order valence-electron chi connectivity index (χ3n) is 4.52. The molecule has 164 valence electrons. The molecule has 10 heteroatoms. The number of unbranched alkanes of at least 4 members (excludes halogenated alkanes) is 1. The van der Waals surface area contributed by atoms with Crippen molar-refractivity contribution in [3.8, 4) is 11.5 Å². The zero-order valence-corrected chi connectivity index (χ0v) is 17.8. The van der Waals surface area contributed by atoms with Gasteiger partial charge in [-0.1, -0.05) is 20.3 Å². The number of carbonyl (C=O) groups excluding carboxylic acids is 2. The van der Waals surface area contributed by atoms with Crippen LogP contribution in [0.25, 0.3) is 10.9 Å². The molecule has 0 atom stereocenters. The summed E-state index contributed by atoms with van der Waals surface area (Å²) in [6.07, 6.45) is 1.80. The highest BCUT2D eigenvalue weighted by Gasteiger charge is 2.15. The summed E-state index contributed by atoms with van der Waals surface area (Å²) >= 11 is 0. The molecule has 0 aliphatic heterocycles. The highest BCUT2D eigenvalue weighted by Crippen LogP contribution is 2.29. The maximum Gasteiger partial charge on any atom is 0.321 e. The molecule has 2 aromatic rings. The number of H-pyrrole nitrogens is 1. The number of ether oxygens (including phenoxy) is 2. The zero-order chi connectivity index (χ0) is 22.1. The lowest BCUT2D eigenvalue weighted by Gasteiger charge is -2.19. The Labute approximate surface area is 175 Å². The van der Waals surface area contributed by atoms with Crippen LogP contribution < -0.4 is 25.7 Å². The lowest BCUT2D eigenvalue weighted by molar-refractivity contribution is -0.121. The molecule has 3 N–H and O–H groups in total. The Morgan fingerprint density at radius 3 is 2.50 bits per heavy atom. The summed E-state index contributed by atoms with van der Waals surface area (Å²) in [6.45, 7) is 5.16. The SMILES string of the molecule is CCCCNC(=O)NC(=O)CN(CC)Cc1nc2cc(OC)c(OC)cc2c(=O)[nH]1. The molecule has 1 aromatic heterocycles. The molecule has 0 radical (unpaired) electrons. The van der Waals surface area contributed by atoms with Gasteiger partial charge in [0.2, 0.25) is 5.91 Å². The van der Waals surface area contributed by atoms with Crippen LogP contribution in [0.3, 0.4) is 0 Å². The van der Waals surface area contributed by atoms with Crippen molar-refractivity contribution in [3.05, 3.63) is 28.3 Å². The third-order valence-corrected chi connectivity index (χ3v) is 4.52. The van der Waals surface area contributed by atoms with E-state index in [1.54, 1.807) is 17.0 Å². The number of rotatable bonds is 10. The Morgan fingerprint density at radius 1 is 1.17 bits per heavy atom. The number of fused-ring (bicyclic) bond motifs is 1. The number of hydrogen-bond donors (Lipinski definition) is 3. The van der Waals surface area contributed by atoms with E-state index in [1.165, 1.54) is 14.2 Å². The number of aromatic amines is 1. The molecule has 0 unspecified atom stereocenters. The van der Waals surface area contributed by atoms with Gasteiger partial charge in [0.15, 0.2) is 11.5 Å². The highest BCUT2D eigenvalue weighted by atomic mass is 16.5. The van der Waals surface area contributed by atoms with Crippen molar-refractivity contribution < 1.29 is 19.1 Å². The number of carbonyl (C=O) groups is 2. The average molecular weight is 419 g/mol. The molecule has 0 aliphatic rings. The van der Waals surface area contributed by atoms with Gasteiger partial charge >= 0.3 is 6.03 Å². The summed E-state index contributed by atoms with van der Waals surface area (Å²) < 4.78 is 10.5. The van der Waals surface area contributed by atoms with Crippen molar-refractivity contribution in [2.75, 3.05) is 33.9 Å². The minimum absolute atomic E-state index is 0.00855. The van der Waals surface area contributed by atoms with Crippen LogP contribution in [0.2, 0.25) is 0 Å². The molecule has 0 saturated heterocycles. The molecule has 0 saturated carbocycles. The summed E-state index contributed by atoms with van der Waals surface area (Å²) in [4.78, 5) is 45.3. The van der Waals surface area contributed by atoms with E-state index in [-0.39, 0.29) is 18.6 Å². The number of aromatic nitrogens is 2. The smallest absolute Gasteiger partial charge is 0.321 e. The summed E-state index contributed by atoms with van der Waals surface area (Å²) in [5, 5.41) is 5.31. The first kappa shape index (κ1) is 23.1. The number of urea groups is 1. The maximum absolute atomic E-state index is 12.5.